The molecular weight excluding hydrogens is 390 g/mol. The molecular formula is C22H25BN2NaO4. The molecule has 0 saturated carbocycles. The van der Waals surface area contributed by atoms with Crippen molar-refractivity contribution in [1.82, 2.24) is 4.98 Å². The van der Waals surface area contributed by atoms with Crippen molar-refractivity contribution in [1.29, 1.82) is 0 Å². The van der Waals surface area contributed by atoms with Gasteiger partial charge in [0.2, 0.25) is 0 Å². The van der Waals surface area contributed by atoms with E-state index in [2.05, 4.69) is 25.8 Å². The van der Waals surface area contributed by atoms with Crippen molar-refractivity contribution in [2.75, 3.05) is 26.1 Å². The quantitative estimate of drug-likeness (QED) is 0.476. The molecule has 3 radical (unpaired) electrons. The Balaban J connectivity index is 0.000000529. The van der Waals surface area contributed by atoms with E-state index in [1.54, 1.807) is 0 Å². The molecule has 1 atom stereocenters. The van der Waals surface area contributed by atoms with Crippen molar-refractivity contribution in [2.45, 2.75) is 18.8 Å². The number of ether oxygens (including phenoxy) is 2. The Bertz CT molecular complexity index is 983. The number of carbonyl (C=O) groups is 2. The molecule has 1 aromatic heterocycles. The maximum Gasteiger partial charge on any atom is 1.00 e. The zero-order valence-corrected chi connectivity index (χ0v) is 19.6. The Morgan fingerprint density at radius 3 is 2.43 bits per heavy atom. The molecule has 1 aliphatic rings. The van der Waals surface area contributed by atoms with Gasteiger partial charge in [0.15, 0.2) is 0 Å². The Kier molecular flexibility index (Phi) is 10.7. The number of para-hydroxylation sites is 2. The summed E-state index contributed by atoms with van der Waals surface area (Å²) in [5.41, 5.74) is 4.39. The molecule has 0 amide bonds. The van der Waals surface area contributed by atoms with Gasteiger partial charge < -0.3 is 21.2 Å². The number of methoxy groups -OCH3 is 2. The first kappa shape index (κ1) is 25.8. The third-order valence-electron chi connectivity index (χ3n) is 4.82. The fourth-order valence-corrected chi connectivity index (χ4v) is 3.33. The van der Waals surface area contributed by atoms with Gasteiger partial charge in [0.05, 0.1) is 27.1 Å². The number of anilines is 1. The van der Waals surface area contributed by atoms with Crippen molar-refractivity contribution in [3.8, 4) is 0 Å². The van der Waals surface area contributed by atoms with E-state index in [1.807, 2.05) is 48.7 Å². The number of fused-ring (bicyclic) bond motifs is 2. The van der Waals surface area contributed by atoms with Crippen LogP contribution in [0.2, 0.25) is 0 Å². The maximum absolute atomic E-state index is 11.1. The van der Waals surface area contributed by atoms with Crippen LogP contribution in [0.25, 0.3) is 10.9 Å². The SMILES string of the molecule is COC(=O)CC1CNc2ccccc21.COC(=O)Cc1c[nH]c2ccccc12.[B].[H-].[Na+]. The zero-order valence-electron chi connectivity index (χ0n) is 18.6. The van der Waals surface area contributed by atoms with Crippen LogP contribution >= 0.6 is 0 Å². The van der Waals surface area contributed by atoms with Crippen LogP contribution in [0.15, 0.2) is 54.7 Å². The molecule has 2 N–H and O–H groups in total. The fourth-order valence-electron chi connectivity index (χ4n) is 3.33. The third kappa shape index (κ3) is 6.39. The summed E-state index contributed by atoms with van der Waals surface area (Å²) >= 11 is 0. The van der Waals surface area contributed by atoms with E-state index in [4.69, 9.17) is 0 Å². The van der Waals surface area contributed by atoms with Gasteiger partial charge in [-0.1, -0.05) is 36.4 Å². The summed E-state index contributed by atoms with van der Waals surface area (Å²) in [7, 11) is 2.83. The van der Waals surface area contributed by atoms with Crippen LogP contribution in [0.5, 0.6) is 0 Å². The number of benzene rings is 2. The van der Waals surface area contributed by atoms with Crippen molar-refractivity contribution in [3.05, 3.63) is 65.9 Å². The predicted octanol–water partition coefficient (Wildman–Crippen LogP) is 0.378. The van der Waals surface area contributed by atoms with Gasteiger partial charge in [0.1, 0.15) is 0 Å². The number of carbonyl (C=O) groups excluding carboxylic acids is 2. The van der Waals surface area contributed by atoms with E-state index in [0.717, 1.165) is 28.7 Å². The van der Waals surface area contributed by atoms with Gasteiger partial charge in [0.25, 0.3) is 0 Å². The van der Waals surface area contributed by atoms with Gasteiger partial charge in [-0.2, -0.15) is 0 Å². The second kappa shape index (κ2) is 12.5. The van der Waals surface area contributed by atoms with E-state index in [1.165, 1.54) is 19.8 Å². The summed E-state index contributed by atoms with van der Waals surface area (Å²) in [4.78, 5) is 25.3. The normalized spacial score (nSPS) is 13.5. The van der Waals surface area contributed by atoms with Crippen LogP contribution < -0.4 is 34.9 Å². The number of nitrogens with one attached hydrogen (secondary N) is 2. The number of rotatable bonds is 4. The van der Waals surface area contributed by atoms with Crippen LogP contribution in [-0.2, 0) is 25.5 Å². The van der Waals surface area contributed by atoms with Gasteiger partial charge in [0, 0.05) is 43.7 Å². The van der Waals surface area contributed by atoms with Gasteiger partial charge in [-0.3, -0.25) is 9.59 Å². The number of hydrogen-bond donors (Lipinski definition) is 2. The summed E-state index contributed by atoms with van der Waals surface area (Å²) in [5, 5.41) is 4.35. The number of aromatic nitrogens is 1. The minimum Gasteiger partial charge on any atom is -1.00 e. The number of hydrogen-bond acceptors (Lipinski definition) is 5. The molecule has 151 valence electrons. The van der Waals surface area contributed by atoms with Gasteiger partial charge >= 0.3 is 41.5 Å². The monoisotopic (exact) mass is 415 g/mol. The summed E-state index contributed by atoms with van der Waals surface area (Å²) in [5.74, 6) is -0.0955. The fraction of sp³-hybridized carbons (Fsp3) is 0.273. The average Bonchev–Trinajstić information content (AvgIpc) is 3.33. The standard InChI is InChI=1S/C11H13NO2.C11H11NO2.B.Na.H/c2*1-14-11(13)6-8-7-12-10-5-3-2-4-9(8)10;;;/h2-5,8,12H,6-7H2,1H3;2-5,7,12H,6H2,1H3;;;/q;;;+1;-1. The predicted molar refractivity (Wildman–Crippen MR) is 115 cm³/mol. The Morgan fingerprint density at radius 1 is 1.03 bits per heavy atom. The van der Waals surface area contributed by atoms with Crippen molar-refractivity contribution in [3.63, 3.8) is 0 Å². The first-order valence-electron chi connectivity index (χ1n) is 9.13. The largest absolute Gasteiger partial charge is 1.00 e. The summed E-state index contributed by atoms with van der Waals surface area (Å²) in [6, 6.07) is 16.0. The van der Waals surface area contributed by atoms with Gasteiger partial charge in [-0.15, -0.1) is 0 Å². The molecule has 0 bridgehead atoms. The van der Waals surface area contributed by atoms with E-state index in [0.29, 0.717) is 12.8 Å². The van der Waals surface area contributed by atoms with E-state index >= 15 is 0 Å². The second-order valence-electron chi connectivity index (χ2n) is 6.56. The third-order valence-corrected chi connectivity index (χ3v) is 4.82. The van der Waals surface area contributed by atoms with Crippen LogP contribution in [0, 0.1) is 0 Å². The molecule has 4 rings (SSSR count). The van der Waals surface area contributed by atoms with Crippen LogP contribution in [0.1, 0.15) is 24.9 Å². The van der Waals surface area contributed by atoms with Crippen LogP contribution in [-0.4, -0.2) is 46.1 Å². The first-order valence-corrected chi connectivity index (χ1v) is 9.13. The van der Waals surface area contributed by atoms with Crippen LogP contribution in [0.3, 0.4) is 0 Å². The molecule has 0 aliphatic carbocycles. The van der Waals surface area contributed by atoms with Gasteiger partial charge in [-0.05, 0) is 23.3 Å². The topological polar surface area (TPSA) is 80.4 Å². The molecule has 0 fully saturated rings. The minimum atomic E-state index is -0.213. The molecule has 1 aliphatic heterocycles. The van der Waals surface area contributed by atoms with Crippen molar-refractivity contribution < 1.29 is 50.0 Å². The Labute approximate surface area is 202 Å². The zero-order chi connectivity index (χ0) is 19.9. The molecule has 2 aromatic carbocycles. The number of esters is 2. The molecule has 8 heteroatoms. The molecule has 2 heterocycles. The molecule has 1 unspecified atom stereocenters. The molecule has 30 heavy (non-hydrogen) atoms. The summed E-state index contributed by atoms with van der Waals surface area (Å²) < 4.78 is 9.28. The summed E-state index contributed by atoms with van der Waals surface area (Å²) in [6.07, 6.45) is 2.63. The minimum absolute atomic E-state index is 0. The Hall–Kier alpha value is -2.22. The molecule has 3 aromatic rings. The van der Waals surface area contributed by atoms with Crippen molar-refractivity contribution in [2.24, 2.45) is 0 Å². The average molecular weight is 415 g/mol. The van der Waals surface area contributed by atoms with Crippen molar-refractivity contribution >= 4 is 36.9 Å². The smallest absolute Gasteiger partial charge is 1.00 e. The molecule has 0 saturated heterocycles. The summed E-state index contributed by atoms with van der Waals surface area (Å²) in [6.45, 7) is 0.828. The maximum atomic E-state index is 11.1. The van der Waals surface area contributed by atoms with E-state index < -0.39 is 0 Å². The van der Waals surface area contributed by atoms with Crippen LogP contribution in [0.4, 0.5) is 5.69 Å². The number of aromatic amines is 1. The Morgan fingerprint density at radius 2 is 1.70 bits per heavy atom. The van der Waals surface area contributed by atoms with E-state index in [9.17, 15) is 9.59 Å². The molecule has 6 nitrogen and oxygen atoms in total. The van der Waals surface area contributed by atoms with E-state index in [-0.39, 0.29) is 57.3 Å². The second-order valence-corrected chi connectivity index (χ2v) is 6.56. The number of H-pyrrole nitrogens is 1. The first-order chi connectivity index (χ1) is 13.6. The molecule has 0 spiro atoms. The van der Waals surface area contributed by atoms with Gasteiger partial charge in [-0.25, -0.2) is 0 Å².